The third kappa shape index (κ3) is 2.19. The molecule has 15 heavy (non-hydrogen) atoms. The van der Waals surface area contributed by atoms with E-state index in [2.05, 4.69) is 9.97 Å². The Morgan fingerprint density at radius 2 is 1.93 bits per heavy atom. The van der Waals surface area contributed by atoms with E-state index in [0.29, 0.717) is 15.7 Å². The minimum atomic E-state index is -0.203. The summed E-state index contributed by atoms with van der Waals surface area (Å²) in [5, 5.41) is 0.918. The maximum absolute atomic E-state index is 11.1. The van der Waals surface area contributed by atoms with Crippen LogP contribution in [0.5, 0.6) is 0 Å². The fraction of sp³-hybridized carbons (Fsp3) is 0. The molecule has 5 heteroatoms. The summed E-state index contributed by atoms with van der Waals surface area (Å²) in [6, 6.07) is 6.50. The summed E-state index contributed by atoms with van der Waals surface area (Å²) >= 11 is 11.6. The summed E-state index contributed by atoms with van der Waals surface area (Å²) in [4.78, 5) is 17.5. The van der Waals surface area contributed by atoms with Gasteiger partial charge in [-0.2, -0.15) is 0 Å². The average Bonchev–Trinajstić information content (AvgIpc) is 2.22. The van der Waals surface area contributed by atoms with Crippen LogP contribution in [0.3, 0.4) is 0 Å². The lowest BCUT2D eigenvalue weighted by atomic mass is 10.1. The molecule has 2 rings (SSSR count). The molecular weight excluding hydrogens is 235 g/mol. The monoisotopic (exact) mass is 240 g/mol. The minimum Gasteiger partial charge on any atom is -0.313 e. The van der Waals surface area contributed by atoms with E-state index in [4.69, 9.17) is 23.2 Å². The number of aromatic amines is 1. The predicted octanol–water partition coefficient (Wildman–Crippen LogP) is 2.74. The highest BCUT2D eigenvalue weighted by atomic mass is 35.5. The molecule has 0 bridgehead atoms. The van der Waals surface area contributed by atoms with Gasteiger partial charge >= 0.3 is 0 Å². The van der Waals surface area contributed by atoms with Crippen LogP contribution in [0.25, 0.3) is 11.3 Å². The first-order valence-electron chi connectivity index (χ1n) is 4.17. The van der Waals surface area contributed by atoms with E-state index in [1.165, 1.54) is 12.4 Å². The summed E-state index contributed by atoms with van der Waals surface area (Å²) < 4.78 is 0. The number of hydrogen-bond acceptors (Lipinski definition) is 2. The number of benzene rings is 1. The Kier molecular flexibility index (Phi) is 2.75. The lowest BCUT2D eigenvalue weighted by Gasteiger charge is -2.01. The average molecular weight is 241 g/mol. The van der Waals surface area contributed by atoms with Gasteiger partial charge < -0.3 is 4.98 Å². The van der Waals surface area contributed by atoms with Crippen LogP contribution in [0.1, 0.15) is 0 Å². The SMILES string of the molecule is O=c1cc(-c2ccc(Cl)c(Cl)c2)nc[nH]1. The smallest absolute Gasteiger partial charge is 0.251 e. The van der Waals surface area contributed by atoms with Gasteiger partial charge in [-0.05, 0) is 12.1 Å². The first-order chi connectivity index (χ1) is 7.16. The zero-order valence-electron chi connectivity index (χ0n) is 7.50. The Bertz CT molecular complexity index is 551. The van der Waals surface area contributed by atoms with Gasteiger partial charge in [-0.1, -0.05) is 29.3 Å². The molecule has 0 radical (unpaired) electrons. The zero-order valence-corrected chi connectivity index (χ0v) is 9.01. The Hall–Kier alpha value is -1.32. The molecule has 0 spiro atoms. The molecule has 0 atom stereocenters. The maximum atomic E-state index is 11.1. The highest BCUT2D eigenvalue weighted by molar-refractivity contribution is 6.42. The van der Waals surface area contributed by atoms with Crippen molar-refractivity contribution in [3.8, 4) is 11.3 Å². The van der Waals surface area contributed by atoms with E-state index in [9.17, 15) is 4.79 Å². The summed E-state index contributed by atoms with van der Waals surface area (Å²) in [5.41, 5.74) is 1.12. The molecule has 1 aromatic heterocycles. The van der Waals surface area contributed by atoms with Crippen molar-refractivity contribution >= 4 is 23.2 Å². The topological polar surface area (TPSA) is 45.8 Å². The van der Waals surface area contributed by atoms with E-state index in [-0.39, 0.29) is 5.56 Å². The Morgan fingerprint density at radius 3 is 2.60 bits per heavy atom. The lowest BCUT2D eigenvalue weighted by Crippen LogP contribution is -2.04. The van der Waals surface area contributed by atoms with Crippen LogP contribution >= 0.6 is 23.2 Å². The van der Waals surface area contributed by atoms with Gasteiger partial charge in [0.15, 0.2) is 0 Å². The van der Waals surface area contributed by atoms with E-state index >= 15 is 0 Å². The number of aromatic nitrogens is 2. The molecule has 76 valence electrons. The van der Waals surface area contributed by atoms with Crippen molar-refractivity contribution in [2.45, 2.75) is 0 Å². The van der Waals surface area contributed by atoms with Crippen molar-refractivity contribution in [1.29, 1.82) is 0 Å². The standard InChI is InChI=1S/C10H6Cl2N2O/c11-7-2-1-6(3-8(7)12)9-4-10(15)14-5-13-9/h1-5H,(H,13,14,15). The molecule has 2 aromatic rings. The quantitative estimate of drug-likeness (QED) is 0.834. The Labute approximate surface area is 95.7 Å². The largest absolute Gasteiger partial charge is 0.313 e. The fourth-order valence-electron chi connectivity index (χ4n) is 1.18. The van der Waals surface area contributed by atoms with Crippen LogP contribution in [0.2, 0.25) is 10.0 Å². The normalized spacial score (nSPS) is 10.3. The molecule has 0 saturated carbocycles. The van der Waals surface area contributed by atoms with E-state index < -0.39 is 0 Å². The van der Waals surface area contributed by atoms with Gasteiger partial charge in [0.2, 0.25) is 0 Å². The number of H-pyrrole nitrogens is 1. The molecule has 1 aromatic carbocycles. The number of rotatable bonds is 1. The lowest BCUT2D eigenvalue weighted by molar-refractivity contribution is 1.12. The highest BCUT2D eigenvalue weighted by Gasteiger charge is 2.03. The summed E-state index contributed by atoms with van der Waals surface area (Å²) in [6.07, 6.45) is 1.35. The number of halogens is 2. The van der Waals surface area contributed by atoms with Crippen LogP contribution in [0, 0.1) is 0 Å². The Balaban J connectivity index is 2.55. The predicted molar refractivity (Wildman–Crippen MR) is 60.3 cm³/mol. The van der Waals surface area contributed by atoms with Crippen molar-refractivity contribution < 1.29 is 0 Å². The molecule has 0 fully saturated rings. The molecule has 0 saturated heterocycles. The first-order valence-corrected chi connectivity index (χ1v) is 4.92. The second kappa shape index (κ2) is 4.04. The van der Waals surface area contributed by atoms with Crippen molar-refractivity contribution in [2.24, 2.45) is 0 Å². The third-order valence-electron chi connectivity index (χ3n) is 1.89. The van der Waals surface area contributed by atoms with Crippen LogP contribution in [0.4, 0.5) is 0 Å². The van der Waals surface area contributed by atoms with Crippen molar-refractivity contribution in [3.63, 3.8) is 0 Å². The zero-order chi connectivity index (χ0) is 10.8. The molecule has 0 aliphatic rings. The van der Waals surface area contributed by atoms with Gasteiger partial charge in [0.05, 0.1) is 22.1 Å². The van der Waals surface area contributed by atoms with Crippen molar-refractivity contribution in [3.05, 3.63) is 51.0 Å². The molecule has 0 aliphatic carbocycles. The molecule has 1 heterocycles. The van der Waals surface area contributed by atoms with E-state index in [1.807, 2.05) is 0 Å². The second-order valence-corrected chi connectivity index (χ2v) is 3.74. The van der Waals surface area contributed by atoms with Gasteiger partial charge in [-0.25, -0.2) is 4.98 Å². The molecule has 0 amide bonds. The third-order valence-corrected chi connectivity index (χ3v) is 2.63. The molecule has 3 nitrogen and oxygen atoms in total. The van der Waals surface area contributed by atoms with E-state index in [0.717, 1.165) is 5.56 Å². The van der Waals surface area contributed by atoms with Crippen LogP contribution < -0.4 is 5.56 Å². The van der Waals surface area contributed by atoms with Gasteiger partial charge in [0, 0.05) is 11.6 Å². The van der Waals surface area contributed by atoms with Gasteiger partial charge in [-0.3, -0.25) is 4.79 Å². The van der Waals surface area contributed by atoms with Crippen molar-refractivity contribution in [2.75, 3.05) is 0 Å². The van der Waals surface area contributed by atoms with Gasteiger partial charge in [0.25, 0.3) is 5.56 Å². The molecular formula is C10H6Cl2N2O. The van der Waals surface area contributed by atoms with Crippen molar-refractivity contribution in [1.82, 2.24) is 9.97 Å². The number of hydrogen-bond donors (Lipinski definition) is 1. The van der Waals surface area contributed by atoms with Crippen LogP contribution in [-0.4, -0.2) is 9.97 Å². The molecule has 0 aliphatic heterocycles. The first kappa shape index (κ1) is 10.2. The highest BCUT2D eigenvalue weighted by Crippen LogP contribution is 2.26. The minimum absolute atomic E-state index is 0.203. The second-order valence-electron chi connectivity index (χ2n) is 2.93. The Morgan fingerprint density at radius 1 is 1.13 bits per heavy atom. The summed E-state index contributed by atoms with van der Waals surface area (Å²) in [7, 11) is 0. The summed E-state index contributed by atoms with van der Waals surface area (Å²) in [6.45, 7) is 0. The molecule has 1 N–H and O–H groups in total. The maximum Gasteiger partial charge on any atom is 0.251 e. The van der Waals surface area contributed by atoms with Gasteiger partial charge in [0.1, 0.15) is 0 Å². The van der Waals surface area contributed by atoms with Crippen LogP contribution in [0.15, 0.2) is 35.4 Å². The fourth-order valence-corrected chi connectivity index (χ4v) is 1.48. The number of nitrogens with one attached hydrogen (secondary N) is 1. The van der Waals surface area contributed by atoms with Crippen LogP contribution in [-0.2, 0) is 0 Å². The van der Waals surface area contributed by atoms with E-state index in [1.54, 1.807) is 18.2 Å². The van der Waals surface area contributed by atoms with Gasteiger partial charge in [-0.15, -0.1) is 0 Å². The molecule has 0 unspecified atom stereocenters. The summed E-state index contributed by atoms with van der Waals surface area (Å²) in [5.74, 6) is 0. The number of nitrogens with zero attached hydrogens (tertiary/aromatic N) is 1.